The van der Waals surface area contributed by atoms with Crippen molar-refractivity contribution >= 4 is 10.0 Å². The van der Waals surface area contributed by atoms with Crippen LogP contribution in [0, 0.1) is 5.92 Å². The molecule has 0 aromatic carbocycles. The van der Waals surface area contributed by atoms with Crippen molar-refractivity contribution < 1.29 is 21.6 Å². The average Bonchev–Trinajstić information content (AvgIpc) is 2.00. The van der Waals surface area contributed by atoms with E-state index in [4.69, 9.17) is 0 Å². The summed E-state index contributed by atoms with van der Waals surface area (Å²) >= 11 is 0. The van der Waals surface area contributed by atoms with E-state index in [9.17, 15) is 21.6 Å². The summed E-state index contributed by atoms with van der Waals surface area (Å²) in [6, 6.07) is -0.335. The van der Waals surface area contributed by atoms with E-state index in [1.54, 1.807) is 0 Å². The second-order valence-electron chi connectivity index (χ2n) is 3.98. The molecule has 3 nitrogen and oxygen atoms in total. The van der Waals surface area contributed by atoms with Crippen molar-refractivity contribution in [1.29, 1.82) is 0 Å². The molecule has 0 aromatic rings. The fourth-order valence-electron chi connectivity index (χ4n) is 1.84. The molecule has 90 valence electrons. The van der Waals surface area contributed by atoms with Gasteiger partial charge in [-0.3, -0.25) is 0 Å². The van der Waals surface area contributed by atoms with Crippen LogP contribution in [-0.2, 0) is 10.0 Å². The van der Waals surface area contributed by atoms with Gasteiger partial charge in [0.05, 0.1) is 12.2 Å². The molecular formula is C8H14F3NO2S. The summed E-state index contributed by atoms with van der Waals surface area (Å²) in [5.74, 6) is -1.27. The summed E-state index contributed by atoms with van der Waals surface area (Å²) < 4.78 is 60.8. The maximum atomic E-state index is 12.3. The predicted octanol–water partition coefficient (Wildman–Crippen LogP) is 1.66. The van der Waals surface area contributed by atoms with E-state index in [2.05, 4.69) is 4.72 Å². The zero-order valence-corrected chi connectivity index (χ0v) is 9.16. The Kier molecular flexibility index (Phi) is 3.65. The maximum absolute atomic E-state index is 12.3. The van der Waals surface area contributed by atoms with Crippen LogP contribution in [0.2, 0.25) is 0 Å². The van der Waals surface area contributed by atoms with Gasteiger partial charge in [0, 0.05) is 6.04 Å². The van der Waals surface area contributed by atoms with Crippen LogP contribution in [-0.4, -0.2) is 26.9 Å². The molecular weight excluding hydrogens is 231 g/mol. The largest absolute Gasteiger partial charge is 0.391 e. The summed E-state index contributed by atoms with van der Waals surface area (Å²) in [5.41, 5.74) is 0. The number of hydrogen-bond donors (Lipinski definition) is 1. The van der Waals surface area contributed by atoms with Crippen LogP contribution in [0.15, 0.2) is 0 Å². The summed E-state index contributed by atoms with van der Waals surface area (Å²) in [6.07, 6.45) is -2.58. The fraction of sp³-hybridized carbons (Fsp3) is 1.00. The van der Waals surface area contributed by atoms with Gasteiger partial charge >= 0.3 is 6.18 Å². The van der Waals surface area contributed by atoms with E-state index < -0.39 is 22.1 Å². The van der Waals surface area contributed by atoms with Gasteiger partial charge in [-0.15, -0.1) is 0 Å². The summed E-state index contributed by atoms with van der Waals surface area (Å²) in [5, 5.41) is 0. The molecule has 1 rings (SSSR count). The highest BCUT2D eigenvalue weighted by Gasteiger charge is 2.41. The standard InChI is InChI=1S/C8H14F3NO2S/c1-15(13,14)12-7-4-2-6(3-5-7)8(9,10)11/h6-7,12H,2-5H2,1H3. The lowest BCUT2D eigenvalue weighted by Gasteiger charge is -2.29. The van der Waals surface area contributed by atoms with Gasteiger partial charge in [0.1, 0.15) is 0 Å². The smallest absolute Gasteiger partial charge is 0.213 e. The molecule has 0 unspecified atom stereocenters. The van der Waals surface area contributed by atoms with Crippen molar-refractivity contribution in [3.8, 4) is 0 Å². The molecule has 0 bridgehead atoms. The van der Waals surface area contributed by atoms with Gasteiger partial charge in [-0.05, 0) is 25.7 Å². The Morgan fingerprint density at radius 3 is 1.93 bits per heavy atom. The molecule has 0 saturated heterocycles. The Hall–Kier alpha value is -0.300. The maximum Gasteiger partial charge on any atom is 0.391 e. The van der Waals surface area contributed by atoms with Gasteiger partial charge in [-0.2, -0.15) is 13.2 Å². The van der Waals surface area contributed by atoms with Gasteiger partial charge in [0.25, 0.3) is 0 Å². The van der Waals surface area contributed by atoms with Gasteiger partial charge < -0.3 is 0 Å². The number of hydrogen-bond acceptors (Lipinski definition) is 2. The van der Waals surface area contributed by atoms with Crippen LogP contribution in [0.4, 0.5) is 13.2 Å². The number of rotatable bonds is 2. The molecule has 15 heavy (non-hydrogen) atoms. The Morgan fingerprint density at radius 1 is 1.13 bits per heavy atom. The van der Waals surface area contributed by atoms with Crippen molar-refractivity contribution in [3.63, 3.8) is 0 Å². The van der Waals surface area contributed by atoms with Crippen molar-refractivity contribution in [3.05, 3.63) is 0 Å². The molecule has 0 amide bonds. The minimum Gasteiger partial charge on any atom is -0.213 e. The first-order valence-electron chi connectivity index (χ1n) is 4.72. The molecule has 0 aliphatic heterocycles. The topological polar surface area (TPSA) is 46.2 Å². The summed E-state index contributed by atoms with van der Waals surface area (Å²) in [7, 11) is -3.31. The molecule has 0 heterocycles. The third-order valence-electron chi connectivity index (χ3n) is 2.57. The summed E-state index contributed by atoms with van der Waals surface area (Å²) in [6.45, 7) is 0. The Morgan fingerprint density at radius 2 is 1.60 bits per heavy atom. The minimum absolute atomic E-state index is 0.0106. The Balaban J connectivity index is 2.43. The third kappa shape index (κ3) is 4.38. The molecule has 0 radical (unpaired) electrons. The van der Waals surface area contributed by atoms with Crippen LogP contribution in [0.3, 0.4) is 0 Å². The van der Waals surface area contributed by atoms with Crippen LogP contribution < -0.4 is 4.72 Å². The van der Waals surface area contributed by atoms with Gasteiger partial charge in [0.15, 0.2) is 0 Å². The molecule has 1 N–H and O–H groups in total. The number of halogens is 3. The monoisotopic (exact) mass is 245 g/mol. The molecule has 1 fully saturated rings. The second-order valence-corrected chi connectivity index (χ2v) is 5.76. The second kappa shape index (κ2) is 4.29. The molecule has 1 aliphatic rings. The average molecular weight is 245 g/mol. The Bertz CT molecular complexity index is 304. The van der Waals surface area contributed by atoms with E-state index in [0.29, 0.717) is 0 Å². The van der Waals surface area contributed by atoms with Crippen molar-refractivity contribution in [2.45, 2.75) is 37.9 Å². The summed E-state index contributed by atoms with van der Waals surface area (Å²) in [4.78, 5) is 0. The van der Waals surface area contributed by atoms with Crippen LogP contribution >= 0.6 is 0 Å². The number of nitrogens with one attached hydrogen (secondary N) is 1. The van der Waals surface area contributed by atoms with E-state index in [1.807, 2.05) is 0 Å². The third-order valence-corrected chi connectivity index (χ3v) is 3.33. The van der Waals surface area contributed by atoms with Crippen LogP contribution in [0.5, 0.6) is 0 Å². The fourth-order valence-corrected chi connectivity index (χ4v) is 2.68. The molecule has 0 atom stereocenters. The van der Waals surface area contributed by atoms with Crippen molar-refractivity contribution in [2.75, 3.05) is 6.26 Å². The molecule has 0 spiro atoms. The highest BCUT2D eigenvalue weighted by Crippen LogP contribution is 2.37. The van der Waals surface area contributed by atoms with Crippen LogP contribution in [0.25, 0.3) is 0 Å². The first-order chi connectivity index (χ1) is 6.68. The normalized spacial score (nSPS) is 29.1. The zero-order chi connectivity index (χ0) is 11.7. The molecule has 7 heteroatoms. The predicted molar refractivity (Wildman–Crippen MR) is 49.8 cm³/mol. The van der Waals surface area contributed by atoms with E-state index in [1.165, 1.54) is 0 Å². The highest BCUT2D eigenvalue weighted by molar-refractivity contribution is 7.88. The lowest BCUT2D eigenvalue weighted by atomic mass is 9.86. The number of sulfonamides is 1. The van der Waals surface area contributed by atoms with E-state index in [-0.39, 0.29) is 31.7 Å². The van der Waals surface area contributed by atoms with E-state index >= 15 is 0 Å². The first kappa shape index (κ1) is 12.8. The van der Waals surface area contributed by atoms with Crippen LogP contribution in [0.1, 0.15) is 25.7 Å². The van der Waals surface area contributed by atoms with Gasteiger partial charge in [-0.1, -0.05) is 0 Å². The SMILES string of the molecule is CS(=O)(=O)NC1CCC(C(F)(F)F)CC1. The number of alkyl halides is 3. The lowest BCUT2D eigenvalue weighted by Crippen LogP contribution is -2.39. The molecule has 0 aromatic heterocycles. The van der Waals surface area contributed by atoms with E-state index in [0.717, 1.165) is 6.26 Å². The molecule has 1 aliphatic carbocycles. The van der Waals surface area contributed by atoms with Gasteiger partial charge in [0.2, 0.25) is 10.0 Å². The first-order valence-corrected chi connectivity index (χ1v) is 6.61. The molecule has 1 saturated carbocycles. The minimum atomic E-state index is -4.14. The lowest BCUT2D eigenvalue weighted by molar-refractivity contribution is -0.182. The van der Waals surface area contributed by atoms with Crippen molar-refractivity contribution in [2.24, 2.45) is 5.92 Å². The highest BCUT2D eigenvalue weighted by atomic mass is 32.2. The van der Waals surface area contributed by atoms with Crippen molar-refractivity contribution in [1.82, 2.24) is 4.72 Å². The van der Waals surface area contributed by atoms with Gasteiger partial charge in [-0.25, -0.2) is 13.1 Å². The Labute approximate surface area is 87.1 Å². The zero-order valence-electron chi connectivity index (χ0n) is 8.34. The quantitative estimate of drug-likeness (QED) is 0.804.